The van der Waals surface area contributed by atoms with Gasteiger partial charge in [-0.15, -0.1) is 0 Å². The van der Waals surface area contributed by atoms with E-state index in [0.717, 1.165) is 5.56 Å². The van der Waals surface area contributed by atoms with E-state index in [0.29, 0.717) is 31.7 Å². The van der Waals surface area contributed by atoms with Crippen LogP contribution in [0.15, 0.2) is 24.3 Å². The molecule has 3 heterocycles. The van der Waals surface area contributed by atoms with Crippen LogP contribution < -0.4 is 4.74 Å². The number of rotatable bonds is 7. The van der Waals surface area contributed by atoms with Crippen molar-refractivity contribution in [3.63, 3.8) is 0 Å². The molecule has 14 atom stereocenters. The minimum Gasteiger partial charge on any atom is -0.493 e. The largest absolute Gasteiger partial charge is 0.493 e. The molecule has 3 fully saturated rings. The first-order chi connectivity index (χ1) is 23.6. The third-order valence-electron chi connectivity index (χ3n) is 11.6. The summed E-state index contributed by atoms with van der Waals surface area (Å²) in [5.74, 6) is -2.32. The lowest BCUT2D eigenvalue weighted by atomic mass is 9.76. The number of aliphatic hydroxyl groups excluding tert-OH is 2. The molecule has 0 saturated carbocycles. The number of ether oxygens (including phenoxy) is 5. The Labute approximate surface area is 310 Å². The van der Waals surface area contributed by atoms with Crippen molar-refractivity contribution in [2.75, 3.05) is 40.9 Å². The number of methoxy groups -OCH3 is 1. The standard InChI is InChI=1S/C39H63ClN2O9/c1-22-18-38(8,47-12)34(51-35-32(44)29(41(10)11)16-23(2)49-35)24(3)33(45)39(9,40)36(46)50-30-20-42(25(4)31(22)43)19-26(30)21-48-28-15-13-14-27(17-28)37(5,6)7/h13-15,17,22-26,29-32,34-35,43-44H,16,18-21H2,1-12H3/t22-,23-,24+,25+,26+,29+,30-,31+,32-,34-,35+,38+,39?/m1/s1. The quantitative estimate of drug-likeness (QED) is 0.235. The van der Waals surface area contributed by atoms with Crippen LogP contribution in [0.5, 0.6) is 5.75 Å². The molecule has 3 aliphatic rings. The Balaban J connectivity index is 1.67. The number of aliphatic hydroxyl groups is 2. The summed E-state index contributed by atoms with van der Waals surface area (Å²) >= 11 is 6.90. The Morgan fingerprint density at radius 2 is 1.73 bits per heavy atom. The highest BCUT2D eigenvalue weighted by Crippen LogP contribution is 2.40. The number of ketones is 1. The van der Waals surface area contributed by atoms with Crippen LogP contribution in [-0.2, 0) is 34.0 Å². The normalized spacial score (nSPS) is 41.6. The van der Waals surface area contributed by atoms with E-state index in [2.05, 4.69) is 31.7 Å². The van der Waals surface area contributed by atoms with E-state index < -0.39 is 58.9 Å². The monoisotopic (exact) mass is 738 g/mol. The predicted molar refractivity (Wildman–Crippen MR) is 196 cm³/mol. The molecule has 51 heavy (non-hydrogen) atoms. The molecule has 3 aliphatic heterocycles. The van der Waals surface area contributed by atoms with Crippen molar-refractivity contribution < 1.29 is 43.5 Å². The molecule has 0 radical (unpaired) electrons. The smallest absolute Gasteiger partial charge is 0.334 e. The molecule has 1 aromatic rings. The van der Waals surface area contributed by atoms with Crippen molar-refractivity contribution in [1.82, 2.24) is 9.80 Å². The van der Waals surface area contributed by atoms with E-state index in [9.17, 15) is 19.8 Å². The maximum Gasteiger partial charge on any atom is 0.334 e. The molecule has 0 amide bonds. The summed E-state index contributed by atoms with van der Waals surface area (Å²) in [6.07, 6.45) is -3.92. The molecule has 290 valence electrons. The van der Waals surface area contributed by atoms with Crippen LogP contribution in [0.4, 0.5) is 0 Å². The number of hydrogen-bond acceptors (Lipinski definition) is 11. The van der Waals surface area contributed by atoms with Crippen LogP contribution in [0.25, 0.3) is 0 Å². The van der Waals surface area contributed by atoms with Crippen molar-refractivity contribution >= 4 is 23.4 Å². The molecule has 4 rings (SSSR count). The second-order valence-electron chi connectivity index (χ2n) is 17.0. The zero-order valence-electron chi connectivity index (χ0n) is 32.7. The van der Waals surface area contributed by atoms with E-state index in [1.807, 2.05) is 64.9 Å². The van der Waals surface area contributed by atoms with Crippen molar-refractivity contribution in [1.29, 1.82) is 0 Å². The zero-order chi connectivity index (χ0) is 38.2. The number of likely N-dealkylation sites (N-methyl/N-ethyl adjacent to an activating group) is 1. The van der Waals surface area contributed by atoms with E-state index in [4.69, 9.17) is 35.3 Å². The molecular weight excluding hydrogens is 676 g/mol. The lowest BCUT2D eigenvalue weighted by Crippen LogP contribution is -2.60. The number of halogens is 1. The highest BCUT2D eigenvalue weighted by molar-refractivity contribution is 6.45. The van der Waals surface area contributed by atoms with Gasteiger partial charge in [0.05, 0.1) is 30.5 Å². The zero-order valence-corrected chi connectivity index (χ0v) is 33.5. The summed E-state index contributed by atoms with van der Waals surface area (Å²) in [7, 11) is 5.30. The predicted octanol–water partition coefficient (Wildman–Crippen LogP) is 4.41. The fraction of sp³-hybridized carbons (Fsp3) is 0.795. The molecule has 0 aliphatic carbocycles. The molecule has 1 aromatic carbocycles. The summed E-state index contributed by atoms with van der Waals surface area (Å²) < 4.78 is 31.3. The van der Waals surface area contributed by atoms with Gasteiger partial charge < -0.3 is 38.8 Å². The van der Waals surface area contributed by atoms with Gasteiger partial charge in [-0.2, -0.15) is 0 Å². The summed E-state index contributed by atoms with van der Waals surface area (Å²) in [6.45, 7) is 18.2. The lowest BCUT2D eigenvalue weighted by molar-refractivity contribution is -0.296. The second-order valence-corrected chi connectivity index (χ2v) is 17.7. The van der Waals surface area contributed by atoms with Crippen molar-refractivity contribution in [2.24, 2.45) is 17.8 Å². The number of Topliss-reactive ketones (excluding diaryl/α,β-unsaturated/α-hetero) is 1. The van der Waals surface area contributed by atoms with Crippen LogP contribution in [0.2, 0.25) is 0 Å². The fourth-order valence-electron chi connectivity index (χ4n) is 8.03. The first-order valence-electron chi connectivity index (χ1n) is 18.4. The molecule has 2 unspecified atom stereocenters. The molecule has 2 N–H and O–H groups in total. The minimum atomic E-state index is -2.05. The number of alkyl halides is 1. The highest BCUT2D eigenvalue weighted by atomic mass is 35.5. The summed E-state index contributed by atoms with van der Waals surface area (Å²) in [4.78, 5) is 30.3. The number of hydrogen-bond donors (Lipinski definition) is 2. The van der Waals surface area contributed by atoms with Gasteiger partial charge in [0.25, 0.3) is 0 Å². The van der Waals surface area contributed by atoms with Crippen molar-refractivity contribution in [3.8, 4) is 5.75 Å². The van der Waals surface area contributed by atoms with Gasteiger partial charge in [-0.25, -0.2) is 4.79 Å². The van der Waals surface area contributed by atoms with Crippen molar-refractivity contribution in [2.45, 2.75) is 140 Å². The first-order valence-corrected chi connectivity index (χ1v) is 18.8. The molecule has 11 nitrogen and oxygen atoms in total. The van der Waals surface area contributed by atoms with E-state index in [1.54, 1.807) is 6.92 Å². The minimum absolute atomic E-state index is 0.0543. The van der Waals surface area contributed by atoms with Crippen LogP contribution >= 0.6 is 11.6 Å². The molecule has 3 saturated heterocycles. The molecule has 0 spiro atoms. The molecule has 2 bridgehead atoms. The number of carbonyl (C=O) groups excluding carboxylic acids is 2. The topological polar surface area (TPSA) is 127 Å². The summed E-state index contributed by atoms with van der Waals surface area (Å²) in [6, 6.07) is 7.40. The third-order valence-corrected chi connectivity index (χ3v) is 11.9. The second kappa shape index (κ2) is 16.3. The number of benzene rings is 1. The maximum atomic E-state index is 14.4. The van der Waals surface area contributed by atoms with Crippen LogP contribution in [0.1, 0.15) is 80.7 Å². The summed E-state index contributed by atoms with van der Waals surface area (Å²) in [5.41, 5.74) is -0.0832. The van der Waals surface area contributed by atoms with Gasteiger partial charge in [0.15, 0.2) is 16.9 Å². The van der Waals surface area contributed by atoms with Gasteiger partial charge in [-0.3, -0.25) is 9.69 Å². The Morgan fingerprint density at radius 1 is 1.06 bits per heavy atom. The molecular formula is C39H63ClN2O9. The van der Waals surface area contributed by atoms with Gasteiger partial charge in [0.2, 0.25) is 0 Å². The fourth-order valence-corrected chi connectivity index (χ4v) is 8.24. The number of nitrogens with zero attached hydrogens (tertiary/aromatic N) is 2. The average molecular weight is 739 g/mol. The molecule has 12 heteroatoms. The third kappa shape index (κ3) is 9.28. The Morgan fingerprint density at radius 3 is 2.33 bits per heavy atom. The Hall–Kier alpha value is -1.83. The van der Waals surface area contributed by atoms with Crippen LogP contribution in [-0.4, -0.2) is 132 Å². The Kier molecular flexibility index (Phi) is 13.4. The van der Waals surface area contributed by atoms with Gasteiger partial charge in [-0.1, -0.05) is 58.4 Å². The number of carbonyl (C=O) groups is 2. The van der Waals surface area contributed by atoms with Gasteiger partial charge in [-0.05, 0) is 83.7 Å². The summed E-state index contributed by atoms with van der Waals surface area (Å²) in [5, 5.41) is 23.2. The highest BCUT2D eigenvalue weighted by Gasteiger charge is 2.54. The Bertz CT molecular complexity index is 1350. The maximum absolute atomic E-state index is 14.4. The van der Waals surface area contributed by atoms with Crippen LogP contribution in [0, 0.1) is 17.8 Å². The lowest BCUT2D eigenvalue weighted by Gasteiger charge is -2.47. The van der Waals surface area contributed by atoms with E-state index >= 15 is 0 Å². The first kappa shape index (κ1) is 41.9. The number of esters is 1. The van der Waals surface area contributed by atoms with Gasteiger partial charge in [0, 0.05) is 44.1 Å². The molecule has 0 aromatic heterocycles. The van der Waals surface area contributed by atoms with Crippen molar-refractivity contribution in [3.05, 3.63) is 29.8 Å². The van der Waals surface area contributed by atoms with E-state index in [1.165, 1.54) is 14.0 Å². The van der Waals surface area contributed by atoms with Gasteiger partial charge in [0.1, 0.15) is 18.0 Å². The van der Waals surface area contributed by atoms with E-state index in [-0.39, 0.29) is 42.0 Å². The number of fused-ring (bicyclic) bond motifs is 2. The SMILES string of the molecule is CO[C@@]1(C)C[C@@H](C)[C@H](O)[C@H](C)N2C[C@@H](COc3cccc(C(C)(C)C)c3)[C@@H](C2)OC(=O)C(C)(Cl)C(=O)[C@H](C)[C@H]1O[C@@H]1O[C@H](C)C[C@H](N(C)C)[C@H]1O. The average Bonchev–Trinajstić information content (AvgIpc) is 3.47. The van der Waals surface area contributed by atoms with Crippen LogP contribution in [0.3, 0.4) is 0 Å². The van der Waals surface area contributed by atoms with Gasteiger partial charge >= 0.3 is 5.97 Å².